The molecule has 0 heterocycles. The van der Waals surface area contributed by atoms with E-state index in [1.807, 2.05) is 13.8 Å². The molecule has 4 nitrogen and oxygen atoms in total. The number of hydrogen-bond donors (Lipinski definition) is 0. The third-order valence-corrected chi connectivity index (χ3v) is 1.78. The largest absolute Gasteiger partial charge is 0.423 e. The van der Waals surface area contributed by atoms with Gasteiger partial charge in [-0.1, -0.05) is 39.8 Å². The molecule has 1 aromatic rings. The summed E-state index contributed by atoms with van der Waals surface area (Å²) >= 11 is 0. The van der Waals surface area contributed by atoms with Crippen LogP contribution in [0.2, 0.25) is 0 Å². The molecular weight excluding hydrogens is 232 g/mol. The zero-order valence-corrected chi connectivity index (χ0v) is 11.5. The number of carbonyl (C=O) groups is 2. The Morgan fingerprint density at radius 2 is 1.44 bits per heavy atom. The molecule has 100 valence electrons. The molecule has 0 aromatic heterocycles. The van der Waals surface area contributed by atoms with Crippen molar-refractivity contribution in [3.05, 3.63) is 24.3 Å². The van der Waals surface area contributed by atoms with Crippen LogP contribution < -0.4 is 9.47 Å². The van der Waals surface area contributed by atoms with Crippen molar-refractivity contribution in [1.29, 1.82) is 0 Å². The Morgan fingerprint density at radius 1 is 1.00 bits per heavy atom. The number of rotatable bonds is 3. The maximum Gasteiger partial charge on any atom is 0.313 e. The highest BCUT2D eigenvalue weighted by Gasteiger charge is 2.13. The van der Waals surface area contributed by atoms with E-state index in [0.29, 0.717) is 0 Å². The fourth-order valence-corrected chi connectivity index (χ4v) is 1.000. The molecule has 0 aliphatic carbocycles. The molecule has 0 atom stereocenters. The molecule has 18 heavy (non-hydrogen) atoms. The highest BCUT2D eigenvalue weighted by Crippen LogP contribution is 2.27. The minimum absolute atomic E-state index is 0.231. The maximum atomic E-state index is 11.4. The van der Waals surface area contributed by atoms with Gasteiger partial charge in [-0.25, -0.2) is 0 Å². The molecule has 1 rings (SSSR count). The summed E-state index contributed by atoms with van der Waals surface area (Å²) in [5.74, 6) is -0.529. The van der Waals surface area contributed by atoms with Gasteiger partial charge in [-0.15, -0.1) is 0 Å². The molecule has 0 saturated heterocycles. The molecule has 0 saturated carbocycles. The molecule has 0 fully saturated rings. The van der Waals surface area contributed by atoms with Gasteiger partial charge in [0.2, 0.25) is 0 Å². The van der Waals surface area contributed by atoms with Crippen LogP contribution in [-0.4, -0.2) is 11.9 Å². The van der Waals surface area contributed by atoms with Gasteiger partial charge in [-0.05, 0) is 12.1 Å². The van der Waals surface area contributed by atoms with Gasteiger partial charge in [0.25, 0.3) is 0 Å². The van der Waals surface area contributed by atoms with E-state index in [1.54, 1.807) is 38.1 Å². The van der Waals surface area contributed by atoms with E-state index in [-0.39, 0.29) is 23.4 Å². The molecule has 0 spiro atoms. The number of ether oxygens (including phenoxy) is 2. The summed E-state index contributed by atoms with van der Waals surface area (Å²) in [5.41, 5.74) is 0. The second-order valence-corrected chi connectivity index (χ2v) is 3.62. The highest BCUT2D eigenvalue weighted by atomic mass is 16.6. The van der Waals surface area contributed by atoms with Crippen LogP contribution in [0.3, 0.4) is 0 Å². The Morgan fingerprint density at radius 3 is 1.83 bits per heavy atom. The van der Waals surface area contributed by atoms with Crippen LogP contribution in [0.25, 0.3) is 0 Å². The molecular formula is C14H20O4. The van der Waals surface area contributed by atoms with Crippen LogP contribution in [0.1, 0.15) is 34.6 Å². The molecule has 0 N–H and O–H groups in total. The Labute approximate surface area is 108 Å². The fourth-order valence-electron chi connectivity index (χ4n) is 1.000. The monoisotopic (exact) mass is 252 g/mol. The summed E-state index contributed by atoms with van der Waals surface area (Å²) in [6.07, 6.45) is 0. The van der Waals surface area contributed by atoms with Crippen LogP contribution in [-0.2, 0) is 9.59 Å². The number of benzene rings is 1. The predicted molar refractivity (Wildman–Crippen MR) is 69.6 cm³/mol. The van der Waals surface area contributed by atoms with Gasteiger partial charge in [0.15, 0.2) is 11.5 Å². The first-order valence-electron chi connectivity index (χ1n) is 6.00. The normalized spacial score (nSPS) is 9.22. The number of carbonyl (C=O) groups excluding carboxylic acids is 2. The van der Waals surface area contributed by atoms with Crippen molar-refractivity contribution in [2.45, 2.75) is 34.6 Å². The smallest absolute Gasteiger partial charge is 0.313 e. The van der Waals surface area contributed by atoms with Crippen molar-refractivity contribution in [3.8, 4) is 11.5 Å². The van der Waals surface area contributed by atoms with Gasteiger partial charge in [0, 0.05) is 6.92 Å². The van der Waals surface area contributed by atoms with Gasteiger partial charge < -0.3 is 9.47 Å². The van der Waals surface area contributed by atoms with Crippen molar-refractivity contribution in [2.24, 2.45) is 5.92 Å². The van der Waals surface area contributed by atoms with Gasteiger partial charge in [0.05, 0.1) is 5.92 Å². The lowest BCUT2D eigenvalue weighted by atomic mass is 10.2. The van der Waals surface area contributed by atoms with E-state index in [2.05, 4.69) is 0 Å². The van der Waals surface area contributed by atoms with E-state index in [0.717, 1.165) is 0 Å². The summed E-state index contributed by atoms with van der Waals surface area (Å²) < 4.78 is 10.0. The van der Waals surface area contributed by atoms with Crippen LogP contribution in [0.15, 0.2) is 24.3 Å². The zero-order valence-electron chi connectivity index (χ0n) is 11.5. The van der Waals surface area contributed by atoms with Crippen molar-refractivity contribution < 1.29 is 19.1 Å². The first-order chi connectivity index (χ1) is 8.50. The van der Waals surface area contributed by atoms with Crippen LogP contribution in [0.4, 0.5) is 0 Å². The van der Waals surface area contributed by atoms with Crippen LogP contribution >= 0.6 is 0 Å². The van der Waals surface area contributed by atoms with Gasteiger partial charge >= 0.3 is 11.9 Å². The van der Waals surface area contributed by atoms with Crippen molar-refractivity contribution in [1.82, 2.24) is 0 Å². The SMILES string of the molecule is CC.CC(=O)Oc1ccccc1OC(=O)C(C)C. The molecule has 1 aromatic carbocycles. The minimum atomic E-state index is -0.451. The standard InChI is InChI=1S/C12H14O4.C2H6/c1-8(2)12(14)16-11-7-5-4-6-10(11)15-9(3)13;1-2/h4-8H,1-3H3;1-2H3. The highest BCUT2D eigenvalue weighted by molar-refractivity contribution is 5.76. The van der Waals surface area contributed by atoms with Crippen molar-refractivity contribution in [2.75, 3.05) is 0 Å². The molecule has 0 unspecified atom stereocenters. The molecule has 0 bridgehead atoms. The second kappa shape index (κ2) is 8.28. The second-order valence-electron chi connectivity index (χ2n) is 3.62. The summed E-state index contributed by atoms with van der Waals surface area (Å²) in [4.78, 5) is 22.2. The minimum Gasteiger partial charge on any atom is -0.423 e. The Kier molecular flexibility index (Phi) is 7.43. The number of esters is 2. The topological polar surface area (TPSA) is 52.6 Å². The van der Waals surface area contributed by atoms with E-state index in [1.165, 1.54) is 6.92 Å². The quantitative estimate of drug-likeness (QED) is 0.612. The van der Waals surface area contributed by atoms with Gasteiger partial charge in [-0.3, -0.25) is 9.59 Å². The molecule has 4 heteroatoms. The summed E-state index contributed by atoms with van der Waals surface area (Å²) in [5, 5.41) is 0. The first-order valence-corrected chi connectivity index (χ1v) is 6.00. The third-order valence-electron chi connectivity index (χ3n) is 1.78. The van der Waals surface area contributed by atoms with Crippen LogP contribution in [0.5, 0.6) is 11.5 Å². The number of hydrogen-bond acceptors (Lipinski definition) is 4. The van der Waals surface area contributed by atoms with E-state index >= 15 is 0 Å². The van der Waals surface area contributed by atoms with E-state index in [9.17, 15) is 9.59 Å². The average molecular weight is 252 g/mol. The molecule has 0 radical (unpaired) electrons. The lowest BCUT2D eigenvalue weighted by Gasteiger charge is -2.10. The molecule has 0 aliphatic rings. The van der Waals surface area contributed by atoms with E-state index in [4.69, 9.17) is 9.47 Å². The third kappa shape index (κ3) is 5.48. The maximum absolute atomic E-state index is 11.4. The Bertz CT molecular complexity index is 397. The van der Waals surface area contributed by atoms with Crippen molar-refractivity contribution in [3.63, 3.8) is 0 Å². The average Bonchev–Trinajstić information content (AvgIpc) is 2.33. The summed E-state index contributed by atoms with van der Waals surface area (Å²) in [7, 11) is 0. The summed E-state index contributed by atoms with van der Waals surface area (Å²) in [6.45, 7) is 8.76. The van der Waals surface area contributed by atoms with E-state index < -0.39 is 5.97 Å². The lowest BCUT2D eigenvalue weighted by molar-refractivity contribution is -0.138. The van der Waals surface area contributed by atoms with Gasteiger partial charge in [0.1, 0.15) is 0 Å². The number of para-hydroxylation sites is 2. The Hall–Kier alpha value is -1.84. The fraction of sp³-hybridized carbons (Fsp3) is 0.429. The Balaban J connectivity index is 0.00000137. The zero-order chi connectivity index (χ0) is 14.1. The summed E-state index contributed by atoms with van der Waals surface area (Å²) in [6, 6.07) is 6.56. The van der Waals surface area contributed by atoms with Crippen molar-refractivity contribution >= 4 is 11.9 Å². The predicted octanol–water partition coefficient (Wildman–Crippen LogP) is 3.20. The van der Waals surface area contributed by atoms with Gasteiger partial charge in [-0.2, -0.15) is 0 Å². The molecule has 0 amide bonds. The lowest BCUT2D eigenvalue weighted by Crippen LogP contribution is -2.15. The molecule has 0 aliphatic heterocycles. The first kappa shape index (κ1) is 16.2. The van der Waals surface area contributed by atoms with Crippen LogP contribution in [0, 0.1) is 5.92 Å².